The summed E-state index contributed by atoms with van der Waals surface area (Å²) in [5, 5.41) is 9.30. The van der Waals surface area contributed by atoms with E-state index in [0.717, 1.165) is 38.2 Å². The van der Waals surface area contributed by atoms with E-state index in [1.54, 1.807) is 0 Å². The molecule has 0 aliphatic carbocycles. The molecule has 1 atom stereocenters. The number of nitriles is 1. The molecule has 0 saturated carbocycles. The SMILES string of the molecule is CN1CCCN(C(=O)C(C#N)Cc2ccccc2)CC1. The van der Waals surface area contributed by atoms with Gasteiger partial charge in [-0.15, -0.1) is 0 Å². The van der Waals surface area contributed by atoms with Crippen molar-refractivity contribution < 1.29 is 4.79 Å². The van der Waals surface area contributed by atoms with Crippen LogP contribution in [0.2, 0.25) is 0 Å². The summed E-state index contributed by atoms with van der Waals surface area (Å²) >= 11 is 0. The van der Waals surface area contributed by atoms with Gasteiger partial charge >= 0.3 is 0 Å². The van der Waals surface area contributed by atoms with E-state index in [4.69, 9.17) is 0 Å². The molecule has 4 heteroatoms. The first-order valence-corrected chi connectivity index (χ1v) is 7.11. The zero-order chi connectivity index (χ0) is 14.4. The summed E-state index contributed by atoms with van der Waals surface area (Å²) in [5.41, 5.74) is 1.04. The first-order valence-electron chi connectivity index (χ1n) is 7.11. The highest BCUT2D eigenvalue weighted by molar-refractivity contribution is 5.81. The summed E-state index contributed by atoms with van der Waals surface area (Å²) in [6.07, 6.45) is 1.48. The van der Waals surface area contributed by atoms with Crippen molar-refractivity contribution in [2.75, 3.05) is 33.2 Å². The number of nitrogens with zero attached hydrogens (tertiary/aromatic N) is 3. The average Bonchev–Trinajstić information content (AvgIpc) is 2.70. The van der Waals surface area contributed by atoms with Gasteiger partial charge in [0, 0.05) is 19.6 Å². The molecule has 4 nitrogen and oxygen atoms in total. The molecule has 106 valence electrons. The number of carbonyl (C=O) groups excluding carboxylic acids is 1. The fourth-order valence-electron chi connectivity index (χ4n) is 2.53. The Bertz CT molecular complexity index is 480. The van der Waals surface area contributed by atoms with E-state index in [1.165, 1.54) is 0 Å². The van der Waals surface area contributed by atoms with E-state index < -0.39 is 5.92 Å². The molecule has 1 heterocycles. The van der Waals surface area contributed by atoms with Crippen molar-refractivity contribution >= 4 is 5.91 Å². The Kier molecular flexibility index (Phi) is 5.14. The number of hydrogen-bond donors (Lipinski definition) is 0. The highest BCUT2D eigenvalue weighted by atomic mass is 16.2. The van der Waals surface area contributed by atoms with Gasteiger partial charge in [0.15, 0.2) is 0 Å². The van der Waals surface area contributed by atoms with Crippen molar-refractivity contribution in [2.45, 2.75) is 12.8 Å². The second kappa shape index (κ2) is 7.06. The number of rotatable bonds is 3. The third kappa shape index (κ3) is 3.82. The molecule has 1 aromatic carbocycles. The van der Waals surface area contributed by atoms with Crippen molar-refractivity contribution in [3.05, 3.63) is 35.9 Å². The van der Waals surface area contributed by atoms with Crippen LogP contribution in [-0.4, -0.2) is 48.9 Å². The van der Waals surface area contributed by atoms with Crippen molar-refractivity contribution in [1.82, 2.24) is 9.80 Å². The average molecular weight is 271 g/mol. The van der Waals surface area contributed by atoms with Gasteiger partial charge < -0.3 is 9.80 Å². The molecule has 1 aromatic rings. The Morgan fingerprint density at radius 3 is 2.70 bits per heavy atom. The fraction of sp³-hybridized carbons (Fsp3) is 0.500. The smallest absolute Gasteiger partial charge is 0.240 e. The summed E-state index contributed by atoms with van der Waals surface area (Å²) < 4.78 is 0. The zero-order valence-corrected chi connectivity index (χ0v) is 12.0. The number of likely N-dealkylation sites (N-methyl/N-ethyl adjacent to an activating group) is 1. The quantitative estimate of drug-likeness (QED) is 0.837. The van der Waals surface area contributed by atoms with Crippen LogP contribution in [0.25, 0.3) is 0 Å². The molecule has 20 heavy (non-hydrogen) atoms. The maximum atomic E-state index is 12.5. The van der Waals surface area contributed by atoms with Crippen LogP contribution in [0.3, 0.4) is 0 Å². The van der Waals surface area contributed by atoms with Gasteiger partial charge in [0.05, 0.1) is 6.07 Å². The van der Waals surface area contributed by atoms with Crippen LogP contribution in [0.15, 0.2) is 30.3 Å². The van der Waals surface area contributed by atoms with Crippen molar-refractivity contribution in [1.29, 1.82) is 5.26 Å². The normalized spacial score (nSPS) is 18.1. The summed E-state index contributed by atoms with van der Waals surface area (Å²) in [7, 11) is 2.07. The van der Waals surface area contributed by atoms with Gasteiger partial charge in [0.1, 0.15) is 5.92 Å². The lowest BCUT2D eigenvalue weighted by atomic mass is 9.99. The molecule has 1 unspecified atom stereocenters. The van der Waals surface area contributed by atoms with E-state index in [0.29, 0.717) is 6.42 Å². The summed E-state index contributed by atoms with van der Waals surface area (Å²) in [4.78, 5) is 16.6. The lowest BCUT2D eigenvalue weighted by Crippen LogP contribution is -2.39. The van der Waals surface area contributed by atoms with Crippen LogP contribution in [0.5, 0.6) is 0 Å². The van der Waals surface area contributed by atoms with Crippen molar-refractivity contribution in [2.24, 2.45) is 5.92 Å². The lowest BCUT2D eigenvalue weighted by molar-refractivity contribution is -0.133. The highest BCUT2D eigenvalue weighted by Crippen LogP contribution is 2.13. The third-order valence-electron chi connectivity index (χ3n) is 3.77. The van der Waals surface area contributed by atoms with Gasteiger partial charge in [-0.25, -0.2) is 0 Å². The Labute approximate surface area is 120 Å². The third-order valence-corrected chi connectivity index (χ3v) is 3.77. The van der Waals surface area contributed by atoms with Gasteiger partial charge in [-0.05, 0) is 32.0 Å². The Morgan fingerprint density at radius 1 is 1.25 bits per heavy atom. The van der Waals surface area contributed by atoms with E-state index in [-0.39, 0.29) is 5.91 Å². The molecule has 0 spiro atoms. The minimum atomic E-state index is -0.569. The maximum Gasteiger partial charge on any atom is 0.240 e. The van der Waals surface area contributed by atoms with Gasteiger partial charge in [-0.3, -0.25) is 4.79 Å². The molecule has 1 fully saturated rings. The fourth-order valence-corrected chi connectivity index (χ4v) is 2.53. The zero-order valence-electron chi connectivity index (χ0n) is 12.0. The molecule has 1 aliphatic rings. The van der Waals surface area contributed by atoms with Gasteiger partial charge in [-0.2, -0.15) is 5.26 Å². The summed E-state index contributed by atoms with van der Waals surface area (Å²) in [6, 6.07) is 11.9. The number of benzene rings is 1. The monoisotopic (exact) mass is 271 g/mol. The molecule has 1 amide bonds. The molecule has 1 saturated heterocycles. The molecular formula is C16H21N3O. The van der Waals surface area contributed by atoms with Crippen LogP contribution in [-0.2, 0) is 11.2 Å². The predicted octanol–water partition coefficient (Wildman–Crippen LogP) is 1.53. The van der Waals surface area contributed by atoms with Crippen LogP contribution < -0.4 is 0 Å². The van der Waals surface area contributed by atoms with Crippen molar-refractivity contribution in [3.8, 4) is 6.07 Å². The van der Waals surface area contributed by atoms with Gasteiger partial charge in [-0.1, -0.05) is 30.3 Å². The lowest BCUT2D eigenvalue weighted by Gasteiger charge is -2.23. The minimum absolute atomic E-state index is 0.0216. The molecule has 0 aromatic heterocycles. The van der Waals surface area contributed by atoms with Crippen molar-refractivity contribution in [3.63, 3.8) is 0 Å². The van der Waals surface area contributed by atoms with Gasteiger partial charge in [0.2, 0.25) is 5.91 Å². The van der Waals surface area contributed by atoms with E-state index in [9.17, 15) is 10.1 Å². The minimum Gasteiger partial charge on any atom is -0.340 e. The standard InChI is InChI=1S/C16H21N3O/c1-18-8-5-9-19(11-10-18)16(20)15(13-17)12-14-6-3-2-4-7-14/h2-4,6-7,15H,5,8-12H2,1H3. The Morgan fingerprint density at radius 2 is 2.00 bits per heavy atom. The first kappa shape index (κ1) is 14.5. The Hall–Kier alpha value is -1.86. The first-order chi connectivity index (χ1) is 9.70. The van der Waals surface area contributed by atoms with Gasteiger partial charge in [0.25, 0.3) is 0 Å². The second-order valence-corrected chi connectivity index (χ2v) is 5.35. The van der Waals surface area contributed by atoms with E-state index in [1.807, 2.05) is 35.2 Å². The number of carbonyl (C=O) groups is 1. The molecule has 0 radical (unpaired) electrons. The Balaban J connectivity index is 2.00. The van der Waals surface area contributed by atoms with Crippen LogP contribution in [0, 0.1) is 17.2 Å². The largest absolute Gasteiger partial charge is 0.340 e. The summed E-state index contributed by atoms with van der Waals surface area (Å²) in [5.74, 6) is -0.590. The number of amides is 1. The van der Waals surface area contributed by atoms with Crippen LogP contribution >= 0.6 is 0 Å². The van der Waals surface area contributed by atoms with Crippen LogP contribution in [0.4, 0.5) is 0 Å². The van der Waals surface area contributed by atoms with E-state index in [2.05, 4.69) is 18.0 Å². The molecule has 2 rings (SSSR count). The molecule has 0 N–H and O–H groups in total. The predicted molar refractivity (Wildman–Crippen MR) is 77.9 cm³/mol. The topological polar surface area (TPSA) is 47.3 Å². The van der Waals surface area contributed by atoms with Crippen LogP contribution in [0.1, 0.15) is 12.0 Å². The summed E-state index contributed by atoms with van der Waals surface area (Å²) in [6.45, 7) is 3.38. The highest BCUT2D eigenvalue weighted by Gasteiger charge is 2.25. The molecular weight excluding hydrogens is 250 g/mol. The molecule has 1 aliphatic heterocycles. The molecule has 0 bridgehead atoms. The maximum absolute atomic E-state index is 12.5. The second-order valence-electron chi connectivity index (χ2n) is 5.35. The number of hydrogen-bond acceptors (Lipinski definition) is 3. The van der Waals surface area contributed by atoms with E-state index >= 15 is 0 Å².